The molecule has 2 aromatic rings. The second-order valence-corrected chi connectivity index (χ2v) is 5.70. The minimum Gasteiger partial charge on any atom is -0.481 e. The highest BCUT2D eigenvalue weighted by atomic mass is 16.4. The van der Waals surface area contributed by atoms with Crippen molar-refractivity contribution in [2.75, 3.05) is 11.9 Å². The van der Waals surface area contributed by atoms with E-state index in [9.17, 15) is 4.79 Å². The highest BCUT2D eigenvalue weighted by Crippen LogP contribution is 2.20. The van der Waals surface area contributed by atoms with Gasteiger partial charge in [0.2, 0.25) is 0 Å². The Kier molecular flexibility index (Phi) is 4.72. The van der Waals surface area contributed by atoms with Crippen molar-refractivity contribution >= 4 is 22.8 Å². The van der Waals surface area contributed by atoms with Crippen molar-refractivity contribution in [1.82, 2.24) is 19.7 Å². The Morgan fingerprint density at radius 1 is 1.43 bits per heavy atom. The van der Waals surface area contributed by atoms with Gasteiger partial charge in [-0.25, -0.2) is 9.97 Å². The number of hydrogen-bond acceptors (Lipinski definition) is 5. The van der Waals surface area contributed by atoms with Gasteiger partial charge in [0.1, 0.15) is 12.1 Å². The molecule has 0 aromatic carbocycles. The van der Waals surface area contributed by atoms with E-state index in [0.29, 0.717) is 18.3 Å². The summed E-state index contributed by atoms with van der Waals surface area (Å²) in [6, 6.07) is 0. The lowest BCUT2D eigenvalue weighted by Crippen LogP contribution is -2.20. The van der Waals surface area contributed by atoms with Gasteiger partial charge >= 0.3 is 5.97 Å². The van der Waals surface area contributed by atoms with Gasteiger partial charge < -0.3 is 10.4 Å². The lowest BCUT2D eigenvalue weighted by Gasteiger charge is -2.18. The third-order valence-electron chi connectivity index (χ3n) is 3.36. The molecule has 2 heterocycles. The molecule has 0 radical (unpaired) electrons. The summed E-state index contributed by atoms with van der Waals surface area (Å²) in [5.74, 6) is 0.466. The van der Waals surface area contributed by atoms with E-state index >= 15 is 0 Å². The first-order chi connectivity index (χ1) is 9.97. The average Bonchev–Trinajstić information content (AvgIpc) is 2.77. The zero-order valence-electron chi connectivity index (χ0n) is 12.6. The molecule has 0 saturated carbocycles. The predicted molar refractivity (Wildman–Crippen MR) is 80.0 cm³/mol. The van der Waals surface area contributed by atoms with E-state index in [0.717, 1.165) is 17.5 Å². The van der Waals surface area contributed by atoms with Gasteiger partial charge in [-0.1, -0.05) is 13.8 Å². The van der Waals surface area contributed by atoms with E-state index in [1.165, 1.54) is 6.33 Å². The molecule has 0 aliphatic carbocycles. The van der Waals surface area contributed by atoms with Gasteiger partial charge in [0.15, 0.2) is 5.65 Å². The molecule has 114 valence electrons. The first-order valence-corrected chi connectivity index (χ1v) is 7.05. The highest BCUT2D eigenvalue weighted by Gasteiger charge is 2.16. The van der Waals surface area contributed by atoms with Crippen LogP contribution in [-0.4, -0.2) is 37.4 Å². The fraction of sp³-hybridized carbons (Fsp3) is 0.571. The number of rotatable bonds is 7. The number of hydrogen-bond donors (Lipinski definition) is 2. The molecule has 2 rings (SSSR count). The first kappa shape index (κ1) is 15.2. The SMILES string of the molecule is CC(C)CC(CNc1ncnc2c1cnn2C)CC(=O)O. The second kappa shape index (κ2) is 6.51. The van der Waals surface area contributed by atoms with Gasteiger partial charge in [0.05, 0.1) is 11.6 Å². The predicted octanol–water partition coefficient (Wildman–Crippen LogP) is 1.91. The maximum Gasteiger partial charge on any atom is 0.303 e. The number of nitrogens with zero attached hydrogens (tertiary/aromatic N) is 4. The Labute approximate surface area is 123 Å². The number of aromatic nitrogens is 4. The molecule has 2 aromatic heterocycles. The number of aryl methyl sites for hydroxylation is 1. The Bertz CT molecular complexity index is 623. The molecule has 7 heteroatoms. The normalized spacial score (nSPS) is 12.8. The fourth-order valence-corrected chi connectivity index (χ4v) is 2.50. The molecular weight excluding hydrogens is 270 g/mol. The maximum atomic E-state index is 11.0. The number of fused-ring (bicyclic) bond motifs is 1. The van der Waals surface area contributed by atoms with Gasteiger partial charge in [0.25, 0.3) is 0 Å². The quantitative estimate of drug-likeness (QED) is 0.809. The van der Waals surface area contributed by atoms with Crippen LogP contribution >= 0.6 is 0 Å². The van der Waals surface area contributed by atoms with Crippen molar-refractivity contribution in [2.24, 2.45) is 18.9 Å². The van der Waals surface area contributed by atoms with Crippen LogP contribution in [0.2, 0.25) is 0 Å². The van der Waals surface area contributed by atoms with Crippen LogP contribution in [0.3, 0.4) is 0 Å². The van der Waals surface area contributed by atoms with E-state index in [4.69, 9.17) is 5.11 Å². The Morgan fingerprint density at radius 2 is 2.19 bits per heavy atom. The molecule has 0 spiro atoms. The Balaban J connectivity index is 2.09. The van der Waals surface area contributed by atoms with Crippen molar-refractivity contribution in [3.8, 4) is 0 Å². The average molecular weight is 291 g/mol. The minimum atomic E-state index is -0.767. The summed E-state index contributed by atoms with van der Waals surface area (Å²) in [4.78, 5) is 19.4. The third-order valence-corrected chi connectivity index (χ3v) is 3.36. The molecule has 7 nitrogen and oxygen atoms in total. The van der Waals surface area contributed by atoms with E-state index < -0.39 is 5.97 Å². The van der Waals surface area contributed by atoms with Gasteiger partial charge in [-0.05, 0) is 18.3 Å². The summed E-state index contributed by atoms with van der Waals surface area (Å²) in [7, 11) is 1.82. The molecule has 0 saturated heterocycles. The van der Waals surface area contributed by atoms with Gasteiger partial charge in [-0.15, -0.1) is 0 Å². The minimum absolute atomic E-state index is 0.0733. The fourth-order valence-electron chi connectivity index (χ4n) is 2.50. The van der Waals surface area contributed by atoms with Gasteiger partial charge in [-0.2, -0.15) is 5.10 Å². The number of anilines is 1. The van der Waals surface area contributed by atoms with Gasteiger partial charge in [-0.3, -0.25) is 9.48 Å². The zero-order valence-corrected chi connectivity index (χ0v) is 12.6. The zero-order chi connectivity index (χ0) is 15.4. The number of nitrogens with one attached hydrogen (secondary N) is 1. The van der Waals surface area contributed by atoms with Crippen LogP contribution in [0.1, 0.15) is 26.7 Å². The molecule has 0 bridgehead atoms. The summed E-state index contributed by atoms with van der Waals surface area (Å²) < 4.78 is 1.69. The number of carboxylic acid groups (broad SMARTS) is 1. The molecule has 2 N–H and O–H groups in total. The van der Waals surface area contributed by atoms with Crippen LogP contribution in [0.4, 0.5) is 5.82 Å². The molecule has 0 aliphatic heterocycles. The summed E-state index contributed by atoms with van der Waals surface area (Å²) >= 11 is 0. The molecule has 1 atom stereocenters. The van der Waals surface area contributed by atoms with Crippen LogP contribution < -0.4 is 5.32 Å². The lowest BCUT2D eigenvalue weighted by atomic mass is 9.94. The molecule has 21 heavy (non-hydrogen) atoms. The Morgan fingerprint density at radius 3 is 2.86 bits per heavy atom. The van der Waals surface area contributed by atoms with Crippen molar-refractivity contribution in [3.63, 3.8) is 0 Å². The van der Waals surface area contributed by atoms with Crippen molar-refractivity contribution < 1.29 is 9.90 Å². The molecule has 0 aliphatic rings. The van der Waals surface area contributed by atoms with Crippen LogP contribution in [-0.2, 0) is 11.8 Å². The number of carbonyl (C=O) groups is 1. The third kappa shape index (κ3) is 3.90. The smallest absolute Gasteiger partial charge is 0.303 e. The van der Waals surface area contributed by atoms with Crippen LogP contribution in [0.5, 0.6) is 0 Å². The van der Waals surface area contributed by atoms with Crippen molar-refractivity contribution in [2.45, 2.75) is 26.7 Å². The van der Waals surface area contributed by atoms with E-state index in [1.807, 2.05) is 7.05 Å². The molecule has 1 unspecified atom stereocenters. The van der Waals surface area contributed by atoms with Gasteiger partial charge in [0, 0.05) is 20.0 Å². The van der Waals surface area contributed by atoms with Crippen LogP contribution in [0.25, 0.3) is 11.0 Å². The van der Waals surface area contributed by atoms with Crippen LogP contribution in [0, 0.1) is 11.8 Å². The summed E-state index contributed by atoms with van der Waals surface area (Å²) in [6.45, 7) is 4.77. The summed E-state index contributed by atoms with van der Waals surface area (Å²) in [5, 5.41) is 17.3. The monoisotopic (exact) mass is 291 g/mol. The van der Waals surface area contributed by atoms with Crippen LogP contribution in [0.15, 0.2) is 12.5 Å². The van der Waals surface area contributed by atoms with Crippen molar-refractivity contribution in [3.05, 3.63) is 12.5 Å². The Hall–Kier alpha value is -2.18. The standard InChI is InChI=1S/C14H21N5O2/c1-9(2)4-10(5-12(20)21)6-15-13-11-7-18-19(3)14(11)17-8-16-13/h7-10H,4-6H2,1-3H3,(H,20,21)(H,15,16,17). The highest BCUT2D eigenvalue weighted by molar-refractivity contribution is 5.85. The van der Waals surface area contributed by atoms with E-state index in [-0.39, 0.29) is 12.3 Å². The number of aliphatic carboxylic acids is 1. The molecule has 0 fully saturated rings. The lowest BCUT2D eigenvalue weighted by molar-refractivity contribution is -0.138. The van der Waals surface area contributed by atoms with E-state index in [1.54, 1.807) is 10.9 Å². The number of carboxylic acids is 1. The summed E-state index contributed by atoms with van der Waals surface area (Å²) in [5.41, 5.74) is 0.756. The second-order valence-electron chi connectivity index (χ2n) is 5.70. The first-order valence-electron chi connectivity index (χ1n) is 7.05. The maximum absolute atomic E-state index is 11.0. The van der Waals surface area contributed by atoms with Crippen molar-refractivity contribution in [1.29, 1.82) is 0 Å². The molecular formula is C14H21N5O2. The van der Waals surface area contributed by atoms with E-state index in [2.05, 4.69) is 34.2 Å². The summed E-state index contributed by atoms with van der Waals surface area (Å²) in [6.07, 6.45) is 4.22. The molecule has 0 amide bonds. The topological polar surface area (TPSA) is 92.9 Å². The largest absolute Gasteiger partial charge is 0.481 e.